The van der Waals surface area contributed by atoms with Gasteiger partial charge in [0.2, 0.25) is 5.91 Å². The van der Waals surface area contributed by atoms with Crippen LogP contribution in [0.3, 0.4) is 0 Å². The van der Waals surface area contributed by atoms with Gasteiger partial charge >= 0.3 is 0 Å². The van der Waals surface area contributed by atoms with Crippen LogP contribution < -0.4 is 5.73 Å². The van der Waals surface area contributed by atoms with Crippen molar-refractivity contribution in [3.05, 3.63) is 35.6 Å². The lowest BCUT2D eigenvalue weighted by molar-refractivity contribution is -0.133. The molecule has 1 unspecified atom stereocenters. The topological polar surface area (TPSA) is 80.5 Å². The van der Waals surface area contributed by atoms with Crippen molar-refractivity contribution in [2.24, 2.45) is 11.7 Å². The van der Waals surface area contributed by atoms with E-state index >= 15 is 0 Å². The number of benzene rings is 1. The second kappa shape index (κ2) is 7.40. The monoisotopic (exact) mass is 342 g/mol. The lowest BCUT2D eigenvalue weighted by Gasteiger charge is -2.26. The summed E-state index contributed by atoms with van der Waals surface area (Å²) in [5.41, 5.74) is 6.71. The van der Waals surface area contributed by atoms with Gasteiger partial charge < -0.3 is 10.6 Å². The molecular formula is C16H23FN2O3S. The first-order valence-electron chi connectivity index (χ1n) is 7.71. The Morgan fingerprint density at radius 2 is 1.96 bits per heavy atom. The van der Waals surface area contributed by atoms with Crippen molar-refractivity contribution in [3.8, 4) is 0 Å². The minimum atomic E-state index is -3.15. The van der Waals surface area contributed by atoms with Gasteiger partial charge in [0, 0.05) is 19.3 Å². The number of hydrogen-bond acceptors (Lipinski definition) is 4. The lowest BCUT2D eigenvalue weighted by atomic mass is 10.1. The first-order valence-corrected chi connectivity index (χ1v) is 9.77. The summed E-state index contributed by atoms with van der Waals surface area (Å²) in [6.45, 7) is 0.977. The van der Waals surface area contributed by atoms with Gasteiger partial charge in [0.1, 0.15) is 15.7 Å². The smallest absolute Gasteiger partial charge is 0.239 e. The molecule has 2 rings (SSSR count). The number of sulfone groups is 1. The number of nitrogens with two attached hydrogens (primary N) is 1. The highest BCUT2D eigenvalue weighted by Gasteiger charge is 2.29. The number of nitrogens with zero attached hydrogens (tertiary/aromatic N) is 1. The summed E-state index contributed by atoms with van der Waals surface area (Å²) in [7, 11) is -3.15. The molecular weight excluding hydrogens is 319 g/mol. The number of carbonyl (C=O) groups excluding carboxylic acids is 1. The molecule has 1 amide bonds. The van der Waals surface area contributed by atoms with E-state index in [1.165, 1.54) is 12.1 Å². The summed E-state index contributed by atoms with van der Waals surface area (Å²) < 4.78 is 35.4. The molecule has 2 N–H and O–H groups in total. The summed E-state index contributed by atoms with van der Waals surface area (Å²) in [4.78, 5) is 14.2. The van der Waals surface area contributed by atoms with Crippen LogP contribution in [0.1, 0.15) is 24.8 Å². The van der Waals surface area contributed by atoms with E-state index in [2.05, 4.69) is 0 Å². The highest BCUT2D eigenvalue weighted by molar-refractivity contribution is 7.90. The molecule has 0 saturated heterocycles. The van der Waals surface area contributed by atoms with E-state index in [-0.39, 0.29) is 23.9 Å². The Hall–Kier alpha value is -1.47. The van der Waals surface area contributed by atoms with Crippen LogP contribution in [0.15, 0.2) is 24.3 Å². The first kappa shape index (κ1) is 17.9. The van der Waals surface area contributed by atoms with Crippen LogP contribution in [0.4, 0.5) is 4.39 Å². The molecule has 23 heavy (non-hydrogen) atoms. The van der Waals surface area contributed by atoms with Gasteiger partial charge in [-0.25, -0.2) is 12.8 Å². The van der Waals surface area contributed by atoms with Gasteiger partial charge in [0.25, 0.3) is 0 Å². The number of hydrogen-bond donors (Lipinski definition) is 1. The second-order valence-corrected chi connectivity index (χ2v) is 8.57. The van der Waals surface area contributed by atoms with Gasteiger partial charge in [-0.1, -0.05) is 12.1 Å². The predicted molar refractivity (Wildman–Crippen MR) is 86.8 cm³/mol. The zero-order valence-corrected chi connectivity index (χ0v) is 14.1. The standard InChI is InChI=1S/C16H23FN2O3S/c1-23(21,22)9-8-15(18)16(20)19(10-12-2-3-12)11-13-4-6-14(17)7-5-13/h4-7,12,15H,2-3,8-11,18H2,1H3. The van der Waals surface area contributed by atoms with Crippen molar-refractivity contribution in [1.29, 1.82) is 0 Å². The number of halogens is 1. The summed E-state index contributed by atoms with van der Waals surface area (Å²) in [5.74, 6) is -0.182. The number of amides is 1. The largest absolute Gasteiger partial charge is 0.337 e. The van der Waals surface area contributed by atoms with E-state index in [1.807, 2.05) is 0 Å². The van der Waals surface area contributed by atoms with Crippen LogP contribution in [0.25, 0.3) is 0 Å². The predicted octanol–water partition coefficient (Wildman–Crippen LogP) is 1.33. The average molecular weight is 342 g/mol. The molecule has 0 aliphatic heterocycles. The maximum absolute atomic E-state index is 13.0. The quantitative estimate of drug-likeness (QED) is 0.773. The van der Waals surface area contributed by atoms with Crippen LogP contribution in [0, 0.1) is 11.7 Å². The molecule has 0 heterocycles. The normalized spacial score (nSPS) is 16.1. The molecule has 0 aromatic heterocycles. The van der Waals surface area contributed by atoms with Crippen molar-refractivity contribution in [3.63, 3.8) is 0 Å². The van der Waals surface area contributed by atoms with Gasteiger partial charge in [0.05, 0.1) is 11.8 Å². The summed E-state index contributed by atoms with van der Waals surface area (Å²) >= 11 is 0. The minimum absolute atomic E-state index is 0.103. The molecule has 128 valence electrons. The van der Waals surface area contributed by atoms with E-state index in [9.17, 15) is 17.6 Å². The van der Waals surface area contributed by atoms with Crippen molar-refractivity contribution in [2.75, 3.05) is 18.6 Å². The molecule has 0 bridgehead atoms. The Morgan fingerprint density at radius 1 is 1.35 bits per heavy atom. The van der Waals surface area contributed by atoms with Crippen LogP contribution in [-0.2, 0) is 21.2 Å². The summed E-state index contributed by atoms with van der Waals surface area (Å²) in [6, 6.07) is 5.18. The molecule has 1 aliphatic carbocycles. The SMILES string of the molecule is CS(=O)(=O)CCC(N)C(=O)N(Cc1ccc(F)cc1)CC1CC1. The molecule has 0 spiro atoms. The van der Waals surface area contributed by atoms with Gasteiger partial charge in [-0.2, -0.15) is 0 Å². The van der Waals surface area contributed by atoms with Crippen molar-refractivity contribution >= 4 is 15.7 Å². The maximum atomic E-state index is 13.0. The Labute approximate surface area is 136 Å². The molecule has 1 aromatic carbocycles. The van der Waals surface area contributed by atoms with Gasteiger partial charge in [-0.3, -0.25) is 4.79 Å². The molecule has 5 nitrogen and oxygen atoms in total. The number of rotatable bonds is 8. The van der Waals surface area contributed by atoms with E-state index in [1.54, 1.807) is 17.0 Å². The molecule has 1 aromatic rings. The Bertz CT molecular complexity index is 642. The summed E-state index contributed by atoms with van der Waals surface area (Å²) in [6.07, 6.45) is 3.42. The van der Waals surface area contributed by atoms with Gasteiger partial charge in [-0.15, -0.1) is 0 Å². The fourth-order valence-corrected chi connectivity index (χ4v) is 3.04. The highest BCUT2D eigenvalue weighted by Crippen LogP contribution is 2.30. The lowest BCUT2D eigenvalue weighted by Crippen LogP contribution is -2.45. The first-order chi connectivity index (χ1) is 10.7. The van der Waals surface area contributed by atoms with Crippen molar-refractivity contribution < 1.29 is 17.6 Å². The van der Waals surface area contributed by atoms with Crippen LogP contribution in [0.5, 0.6) is 0 Å². The molecule has 0 radical (unpaired) electrons. The fraction of sp³-hybridized carbons (Fsp3) is 0.562. The minimum Gasteiger partial charge on any atom is -0.337 e. The van der Waals surface area contributed by atoms with Crippen LogP contribution >= 0.6 is 0 Å². The molecule has 1 atom stereocenters. The molecule has 1 aliphatic rings. The Morgan fingerprint density at radius 3 is 2.48 bits per heavy atom. The van der Waals surface area contributed by atoms with Crippen molar-refractivity contribution in [1.82, 2.24) is 4.90 Å². The zero-order valence-electron chi connectivity index (χ0n) is 13.2. The summed E-state index contributed by atoms with van der Waals surface area (Å²) in [5, 5.41) is 0. The van der Waals surface area contributed by atoms with E-state index in [0.717, 1.165) is 24.7 Å². The highest BCUT2D eigenvalue weighted by atomic mass is 32.2. The maximum Gasteiger partial charge on any atom is 0.239 e. The average Bonchev–Trinajstić information content (AvgIpc) is 3.29. The number of carbonyl (C=O) groups is 1. The zero-order chi connectivity index (χ0) is 17.0. The third kappa shape index (κ3) is 6.27. The Balaban J connectivity index is 2.01. The van der Waals surface area contributed by atoms with Crippen LogP contribution in [-0.4, -0.2) is 43.8 Å². The molecule has 1 fully saturated rings. The van der Waals surface area contributed by atoms with Gasteiger partial charge in [0.15, 0.2) is 0 Å². The molecule has 7 heteroatoms. The third-order valence-corrected chi connectivity index (χ3v) is 4.87. The van der Waals surface area contributed by atoms with E-state index in [4.69, 9.17) is 5.73 Å². The second-order valence-electron chi connectivity index (χ2n) is 6.31. The third-order valence-electron chi connectivity index (χ3n) is 3.89. The van der Waals surface area contributed by atoms with E-state index < -0.39 is 15.9 Å². The van der Waals surface area contributed by atoms with E-state index in [0.29, 0.717) is 19.0 Å². The van der Waals surface area contributed by atoms with Crippen LogP contribution in [0.2, 0.25) is 0 Å². The van der Waals surface area contributed by atoms with Gasteiger partial charge in [-0.05, 0) is 42.9 Å². The molecule has 1 saturated carbocycles. The van der Waals surface area contributed by atoms with Crippen molar-refractivity contribution in [2.45, 2.75) is 31.8 Å². The fourth-order valence-electron chi connectivity index (χ4n) is 2.35. The Kier molecular flexibility index (Phi) is 5.75.